The van der Waals surface area contributed by atoms with Crippen molar-refractivity contribution in [3.05, 3.63) is 53.1 Å². The van der Waals surface area contributed by atoms with Crippen LogP contribution in [0.15, 0.2) is 30.3 Å². The van der Waals surface area contributed by atoms with Crippen LogP contribution in [0.4, 0.5) is 4.39 Å². The van der Waals surface area contributed by atoms with Gasteiger partial charge in [-0.05, 0) is 36.6 Å². The van der Waals surface area contributed by atoms with Crippen molar-refractivity contribution in [2.75, 3.05) is 19.7 Å². The summed E-state index contributed by atoms with van der Waals surface area (Å²) < 4.78 is 15.2. The topological polar surface area (TPSA) is 61.5 Å². The van der Waals surface area contributed by atoms with Crippen molar-refractivity contribution in [2.24, 2.45) is 0 Å². The molecular formula is C17H22FN3O2. The molecule has 5 nitrogen and oxygen atoms in total. The Morgan fingerprint density at radius 3 is 2.91 bits per heavy atom. The first-order valence-corrected chi connectivity index (χ1v) is 7.98. The highest BCUT2D eigenvalue weighted by Gasteiger charge is 2.19. The van der Waals surface area contributed by atoms with Gasteiger partial charge in [0, 0.05) is 26.2 Å². The fourth-order valence-corrected chi connectivity index (χ4v) is 2.98. The van der Waals surface area contributed by atoms with E-state index in [1.54, 1.807) is 12.1 Å². The molecule has 23 heavy (non-hydrogen) atoms. The molecule has 0 aliphatic carbocycles. The van der Waals surface area contributed by atoms with Crippen molar-refractivity contribution >= 4 is 0 Å². The molecule has 0 spiro atoms. The van der Waals surface area contributed by atoms with E-state index in [-0.39, 0.29) is 12.4 Å². The summed E-state index contributed by atoms with van der Waals surface area (Å²) >= 11 is 0. The quantitative estimate of drug-likeness (QED) is 0.877. The van der Waals surface area contributed by atoms with Gasteiger partial charge < -0.3 is 10.2 Å². The molecule has 0 amide bonds. The van der Waals surface area contributed by atoms with Crippen LogP contribution in [0.5, 0.6) is 0 Å². The van der Waals surface area contributed by atoms with Gasteiger partial charge in [0.05, 0.1) is 18.0 Å². The van der Waals surface area contributed by atoms with Crippen LogP contribution in [0.3, 0.4) is 0 Å². The van der Waals surface area contributed by atoms with E-state index in [9.17, 15) is 9.50 Å². The number of hydrogen-bond donors (Lipinski definition) is 2. The maximum absolute atomic E-state index is 13.2. The van der Waals surface area contributed by atoms with E-state index in [2.05, 4.69) is 10.00 Å². The number of aliphatic hydroxyl groups excluding tert-OH is 2. The fraction of sp³-hybridized carbons (Fsp3) is 0.471. The highest BCUT2D eigenvalue weighted by molar-refractivity contribution is 5.17. The Kier molecular flexibility index (Phi) is 5.05. The largest absolute Gasteiger partial charge is 0.393 e. The standard InChI is InChI=1S/C17H22FN3O2/c18-14-4-1-3-13(9-14)5-8-20-6-2-7-21-15(11-20)10-16(19-21)17(23)12-22/h1,3-4,9-10,17,22-23H,2,5-8,11-12H2/t17-/m1/s1. The van der Waals surface area contributed by atoms with E-state index in [0.717, 1.165) is 50.3 Å². The van der Waals surface area contributed by atoms with Gasteiger partial charge in [0.15, 0.2) is 0 Å². The molecule has 0 saturated carbocycles. The average molecular weight is 319 g/mol. The minimum absolute atomic E-state index is 0.195. The third-order valence-corrected chi connectivity index (χ3v) is 4.23. The van der Waals surface area contributed by atoms with E-state index in [1.165, 1.54) is 6.07 Å². The summed E-state index contributed by atoms with van der Waals surface area (Å²) in [6, 6.07) is 8.59. The molecular weight excluding hydrogens is 297 g/mol. The van der Waals surface area contributed by atoms with Crippen molar-refractivity contribution in [2.45, 2.75) is 32.0 Å². The minimum atomic E-state index is -0.921. The van der Waals surface area contributed by atoms with Crippen LogP contribution in [0.2, 0.25) is 0 Å². The molecule has 0 unspecified atom stereocenters. The summed E-state index contributed by atoms with van der Waals surface area (Å²) in [5, 5.41) is 23.1. The Balaban J connectivity index is 1.65. The molecule has 0 bridgehead atoms. The maximum atomic E-state index is 13.2. The number of halogens is 1. The second kappa shape index (κ2) is 7.21. The van der Waals surface area contributed by atoms with Gasteiger partial charge in [0.25, 0.3) is 0 Å². The Morgan fingerprint density at radius 1 is 1.26 bits per heavy atom. The monoisotopic (exact) mass is 319 g/mol. The number of nitrogens with zero attached hydrogens (tertiary/aromatic N) is 3. The minimum Gasteiger partial charge on any atom is -0.393 e. The van der Waals surface area contributed by atoms with Crippen LogP contribution in [-0.4, -0.2) is 44.6 Å². The van der Waals surface area contributed by atoms with Crippen molar-refractivity contribution in [1.29, 1.82) is 0 Å². The second-order valence-electron chi connectivity index (χ2n) is 5.99. The molecule has 1 aliphatic rings. The lowest BCUT2D eigenvalue weighted by Gasteiger charge is -2.19. The lowest BCUT2D eigenvalue weighted by atomic mass is 10.1. The van der Waals surface area contributed by atoms with Crippen molar-refractivity contribution in [3.8, 4) is 0 Å². The first-order chi connectivity index (χ1) is 11.2. The Labute approximate surface area is 135 Å². The normalized spacial score (nSPS) is 16.8. The van der Waals surface area contributed by atoms with Crippen molar-refractivity contribution in [1.82, 2.24) is 14.7 Å². The third-order valence-electron chi connectivity index (χ3n) is 4.23. The van der Waals surface area contributed by atoms with Gasteiger partial charge in [0.2, 0.25) is 0 Å². The molecule has 1 aliphatic heterocycles. The second-order valence-corrected chi connectivity index (χ2v) is 5.99. The summed E-state index contributed by atoms with van der Waals surface area (Å²) in [6.07, 6.45) is 0.861. The molecule has 2 heterocycles. The first-order valence-electron chi connectivity index (χ1n) is 7.98. The number of rotatable bonds is 5. The van der Waals surface area contributed by atoms with E-state index in [0.29, 0.717) is 5.69 Å². The molecule has 2 N–H and O–H groups in total. The summed E-state index contributed by atoms with van der Waals surface area (Å²) in [5.41, 5.74) is 2.57. The summed E-state index contributed by atoms with van der Waals surface area (Å²) in [5.74, 6) is -0.195. The molecule has 6 heteroatoms. The Morgan fingerprint density at radius 2 is 2.13 bits per heavy atom. The number of aliphatic hydroxyl groups is 2. The highest BCUT2D eigenvalue weighted by atomic mass is 19.1. The van der Waals surface area contributed by atoms with Crippen LogP contribution in [0.25, 0.3) is 0 Å². The summed E-state index contributed by atoms with van der Waals surface area (Å²) in [7, 11) is 0. The first kappa shape index (κ1) is 16.1. The van der Waals surface area contributed by atoms with Gasteiger partial charge in [-0.1, -0.05) is 12.1 Å². The van der Waals surface area contributed by atoms with Gasteiger partial charge in [-0.3, -0.25) is 9.58 Å². The molecule has 3 rings (SSSR count). The maximum Gasteiger partial charge on any atom is 0.123 e. The van der Waals surface area contributed by atoms with Crippen LogP contribution in [0, 0.1) is 5.82 Å². The smallest absolute Gasteiger partial charge is 0.123 e. The molecule has 0 saturated heterocycles. The van der Waals surface area contributed by atoms with E-state index >= 15 is 0 Å². The third kappa shape index (κ3) is 3.96. The van der Waals surface area contributed by atoms with E-state index in [4.69, 9.17) is 5.11 Å². The van der Waals surface area contributed by atoms with E-state index in [1.807, 2.05) is 16.8 Å². The SMILES string of the molecule is OC[C@@H](O)c1cc2n(n1)CCCN(CCc1cccc(F)c1)C2. The lowest BCUT2D eigenvalue weighted by Crippen LogP contribution is -2.25. The highest BCUT2D eigenvalue weighted by Crippen LogP contribution is 2.18. The summed E-state index contributed by atoms with van der Waals surface area (Å²) in [6.45, 7) is 3.06. The molecule has 1 aromatic heterocycles. The number of aryl methyl sites for hydroxylation is 1. The molecule has 0 radical (unpaired) electrons. The number of fused-ring (bicyclic) bond motifs is 1. The average Bonchev–Trinajstić information content (AvgIpc) is 2.85. The fourth-order valence-electron chi connectivity index (χ4n) is 2.98. The zero-order chi connectivity index (χ0) is 16.2. The Hall–Kier alpha value is -1.76. The van der Waals surface area contributed by atoms with Crippen molar-refractivity contribution in [3.63, 3.8) is 0 Å². The number of benzene rings is 1. The predicted octanol–water partition coefficient (Wildman–Crippen LogP) is 1.50. The molecule has 1 aromatic carbocycles. The molecule has 1 atom stereocenters. The van der Waals surface area contributed by atoms with Gasteiger partial charge >= 0.3 is 0 Å². The summed E-state index contributed by atoms with van der Waals surface area (Å²) in [4.78, 5) is 2.32. The zero-order valence-electron chi connectivity index (χ0n) is 13.0. The van der Waals surface area contributed by atoms with E-state index < -0.39 is 6.10 Å². The van der Waals surface area contributed by atoms with Gasteiger partial charge in [0.1, 0.15) is 11.9 Å². The van der Waals surface area contributed by atoms with Crippen LogP contribution in [0.1, 0.15) is 29.5 Å². The van der Waals surface area contributed by atoms with Gasteiger partial charge in [-0.15, -0.1) is 0 Å². The zero-order valence-corrected chi connectivity index (χ0v) is 13.0. The number of aromatic nitrogens is 2. The molecule has 124 valence electrons. The van der Waals surface area contributed by atoms with Crippen molar-refractivity contribution < 1.29 is 14.6 Å². The van der Waals surface area contributed by atoms with Crippen LogP contribution < -0.4 is 0 Å². The van der Waals surface area contributed by atoms with Gasteiger partial charge in [-0.2, -0.15) is 5.10 Å². The number of hydrogen-bond acceptors (Lipinski definition) is 4. The van der Waals surface area contributed by atoms with Crippen LogP contribution in [-0.2, 0) is 19.5 Å². The molecule has 0 fully saturated rings. The Bertz CT molecular complexity index is 659. The molecule has 2 aromatic rings. The van der Waals surface area contributed by atoms with Crippen LogP contribution >= 0.6 is 0 Å². The lowest BCUT2D eigenvalue weighted by molar-refractivity contribution is 0.0916. The predicted molar refractivity (Wildman–Crippen MR) is 84.3 cm³/mol. The van der Waals surface area contributed by atoms with Gasteiger partial charge in [-0.25, -0.2) is 4.39 Å².